The molecule has 1 saturated carbocycles. The SMILES string of the molecule is CCCCNC(=O)C(C)Sc1nnc(CN)n1C1CC1. The summed E-state index contributed by atoms with van der Waals surface area (Å²) in [6.45, 7) is 5.14. The maximum atomic E-state index is 12.0. The largest absolute Gasteiger partial charge is 0.355 e. The second-order valence-electron chi connectivity index (χ2n) is 5.11. The third-order valence-corrected chi connectivity index (χ3v) is 4.37. The molecule has 1 atom stereocenters. The topological polar surface area (TPSA) is 85.8 Å². The summed E-state index contributed by atoms with van der Waals surface area (Å²) in [5.41, 5.74) is 5.69. The van der Waals surface area contributed by atoms with Gasteiger partial charge >= 0.3 is 0 Å². The molecule has 1 aromatic heterocycles. The fraction of sp³-hybridized carbons (Fsp3) is 0.769. The van der Waals surface area contributed by atoms with Gasteiger partial charge in [-0.3, -0.25) is 4.79 Å². The molecular formula is C13H23N5OS. The van der Waals surface area contributed by atoms with Gasteiger partial charge in [0.1, 0.15) is 5.82 Å². The zero-order valence-electron chi connectivity index (χ0n) is 12.1. The van der Waals surface area contributed by atoms with Crippen molar-refractivity contribution in [2.45, 2.75) is 62.5 Å². The van der Waals surface area contributed by atoms with Gasteiger partial charge < -0.3 is 15.6 Å². The summed E-state index contributed by atoms with van der Waals surface area (Å²) in [4.78, 5) is 12.0. The van der Waals surface area contributed by atoms with Crippen LogP contribution < -0.4 is 11.1 Å². The fourth-order valence-corrected chi connectivity index (χ4v) is 2.93. The number of amides is 1. The number of unbranched alkanes of at least 4 members (excludes halogenated alkanes) is 1. The minimum absolute atomic E-state index is 0.0584. The molecule has 1 aliphatic rings. The van der Waals surface area contributed by atoms with Crippen LogP contribution in [0.3, 0.4) is 0 Å². The lowest BCUT2D eigenvalue weighted by molar-refractivity contribution is -0.120. The van der Waals surface area contributed by atoms with Crippen molar-refractivity contribution in [2.75, 3.05) is 6.54 Å². The smallest absolute Gasteiger partial charge is 0.233 e. The van der Waals surface area contributed by atoms with Crippen LogP contribution in [0.2, 0.25) is 0 Å². The lowest BCUT2D eigenvalue weighted by atomic mass is 10.3. The van der Waals surface area contributed by atoms with Gasteiger partial charge in [0.15, 0.2) is 5.16 Å². The number of aromatic nitrogens is 3. The summed E-state index contributed by atoms with van der Waals surface area (Å²) in [7, 11) is 0. The summed E-state index contributed by atoms with van der Waals surface area (Å²) >= 11 is 1.46. The molecule has 0 aromatic carbocycles. The van der Waals surface area contributed by atoms with Crippen LogP contribution in [0.1, 0.15) is 51.4 Å². The minimum atomic E-state index is -0.167. The number of hydrogen-bond acceptors (Lipinski definition) is 5. The normalized spacial score (nSPS) is 16.1. The number of carbonyl (C=O) groups is 1. The van der Waals surface area contributed by atoms with Gasteiger partial charge in [-0.1, -0.05) is 25.1 Å². The molecule has 0 aliphatic heterocycles. The minimum Gasteiger partial charge on any atom is -0.355 e. The standard InChI is InChI=1S/C13H23N5OS/c1-3-4-7-15-12(19)9(2)20-13-17-16-11(8-14)18(13)10-5-6-10/h9-10H,3-8,14H2,1-2H3,(H,15,19). The van der Waals surface area contributed by atoms with E-state index in [0.29, 0.717) is 12.6 Å². The lowest BCUT2D eigenvalue weighted by Crippen LogP contribution is -2.31. The van der Waals surface area contributed by atoms with Crippen molar-refractivity contribution in [2.24, 2.45) is 5.73 Å². The second-order valence-corrected chi connectivity index (χ2v) is 6.42. The van der Waals surface area contributed by atoms with Crippen LogP contribution in [0.4, 0.5) is 0 Å². The first-order chi connectivity index (χ1) is 9.67. The molecular weight excluding hydrogens is 274 g/mol. The average Bonchev–Trinajstić information content (AvgIpc) is 3.20. The number of thioether (sulfide) groups is 1. The Morgan fingerprint density at radius 2 is 2.30 bits per heavy atom. The molecule has 2 rings (SSSR count). The quantitative estimate of drug-likeness (QED) is 0.560. The molecule has 20 heavy (non-hydrogen) atoms. The van der Waals surface area contributed by atoms with Crippen LogP contribution in [-0.4, -0.2) is 32.5 Å². The molecule has 0 bridgehead atoms. The summed E-state index contributed by atoms with van der Waals surface area (Å²) < 4.78 is 2.10. The number of nitrogens with two attached hydrogens (primary N) is 1. The number of hydrogen-bond donors (Lipinski definition) is 2. The average molecular weight is 297 g/mol. The second kappa shape index (κ2) is 7.08. The first-order valence-electron chi connectivity index (χ1n) is 7.25. The molecule has 1 amide bonds. The molecule has 1 aromatic rings. The Morgan fingerprint density at radius 1 is 1.55 bits per heavy atom. The molecule has 0 radical (unpaired) electrons. The van der Waals surface area contributed by atoms with E-state index in [-0.39, 0.29) is 11.2 Å². The Hall–Kier alpha value is -1.08. The van der Waals surface area contributed by atoms with Gasteiger partial charge in [-0.05, 0) is 26.2 Å². The van der Waals surface area contributed by atoms with Crippen molar-refractivity contribution in [3.63, 3.8) is 0 Å². The molecule has 1 heterocycles. The number of carbonyl (C=O) groups excluding carboxylic acids is 1. The van der Waals surface area contributed by atoms with E-state index in [1.807, 2.05) is 6.92 Å². The van der Waals surface area contributed by atoms with Crippen molar-refractivity contribution >= 4 is 17.7 Å². The molecule has 1 fully saturated rings. The van der Waals surface area contributed by atoms with Gasteiger partial charge in [0.2, 0.25) is 5.91 Å². The highest BCUT2D eigenvalue weighted by molar-refractivity contribution is 8.00. The van der Waals surface area contributed by atoms with Crippen LogP contribution in [0, 0.1) is 0 Å². The van der Waals surface area contributed by atoms with Gasteiger partial charge in [0.25, 0.3) is 0 Å². The Kier molecular flexibility index (Phi) is 5.42. The van der Waals surface area contributed by atoms with Crippen LogP contribution in [0.5, 0.6) is 0 Å². The molecule has 112 valence electrons. The highest BCUT2D eigenvalue weighted by Gasteiger charge is 2.30. The van der Waals surface area contributed by atoms with Gasteiger partial charge in [0.05, 0.1) is 11.8 Å². The summed E-state index contributed by atoms with van der Waals surface area (Å²) in [6.07, 6.45) is 4.39. The van der Waals surface area contributed by atoms with E-state index in [2.05, 4.69) is 27.0 Å². The van der Waals surface area contributed by atoms with Crippen LogP contribution >= 0.6 is 11.8 Å². The zero-order valence-corrected chi connectivity index (χ0v) is 12.9. The van der Waals surface area contributed by atoms with Crippen LogP contribution in [0.15, 0.2) is 5.16 Å². The van der Waals surface area contributed by atoms with E-state index >= 15 is 0 Å². The number of nitrogens with one attached hydrogen (secondary N) is 1. The van der Waals surface area contributed by atoms with Crippen molar-refractivity contribution in [3.8, 4) is 0 Å². The molecule has 1 aliphatic carbocycles. The Labute approximate surface area is 123 Å². The molecule has 0 saturated heterocycles. The number of nitrogens with zero attached hydrogens (tertiary/aromatic N) is 3. The van der Waals surface area contributed by atoms with E-state index in [9.17, 15) is 4.79 Å². The van der Waals surface area contributed by atoms with Crippen molar-refractivity contribution in [1.82, 2.24) is 20.1 Å². The van der Waals surface area contributed by atoms with Gasteiger partial charge in [-0.2, -0.15) is 0 Å². The van der Waals surface area contributed by atoms with Crippen molar-refractivity contribution in [1.29, 1.82) is 0 Å². The first-order valence-corrected chi connectivity index (χ1v) is 8.13. The van der Waals surface area contributed by atoms with Crippen LogP contribution in [0.25, 0.3) is 0 Å². The third-order valence-electron chi connectivity index (χ3n) is 3.31. The van der Waals surface area contributed by atoms with E-state index in [4.69, 9.17) is 5.73 Å². The first kappa shape index (κ1) is 15.3. The molecule has 7 heteroatoms. The highest BCUT2D eigenvalue weighted by Crippen LogP contribution is 2.39. The summed E-state index contributed by atoms with van der Waals surface area (Å²) in [5, 5.41) is 11.9. The van der Waals surface area contributed by atoms with Crippen LogP contribution in [-0.2, 0) is 11.3 Å². The van der Waals surface area contributed by atoms with Crippen molar-refractivity contribution in [3.05, 3.63) is 5.82 Å². The van der Waals surface area contributed by atoms with Gasteiger partial charge in [0, 0.05) is 12.6 Å². The van der Waals surface area contributed by atoms with Gasteiger partial charge in [-0.15, -0.1) is 10.2 Å². The van der Waals surface area contributed by atoms with E-state index in [1.54, 1.807) is 0 Å². The Morgan fingerprint density at radius 3 is 2.90 bits per heavy atom. The fourth-order valence-electron chi connectivity index (χ4n) is 1.97. The summed E-state index contributed by atoms with van der Waals surface area (Å²) in [6, 6.07) is 0.474. The molecule has 3 N–H and O–H groups in total. The summed E-state index contributed by atoms with van der Waals surface area (Å²) in [5.74, 6) is 0.872. The monoisotopic (exact) mass is 297 g/mol. The predicted molar refractivity (Wildman–Crippen MR) is 79.4 cm³/mol. The zero-order chi connectivity index (χ0) is 14.5. The van der Waals surface area contributed by atoms with Gasteiger partial charge in [-0.25, -0.2) is 0 Å². The van der Waals surface area contributed by atoms with E-state index in [1.165, 1.54) is 11.8 Å². The molecule has 1 unspecified atom stereocenters. The third kappa shape index (κ3) is 3.73. The molecule has 0 spiro atoms. The van der Waals surface area contributed by atoms with E-state index in [0.717, 1.165) is 43.2 Å². The highest BCUT2D eigenvalue weighted by atomic mass is 32.2. The Bertz CT molecular complexity index is 458. The predicted octanol–water partition coefficient (Wildman–Crippen LogP) is 1.47. The Balaban J connectivity index is 1.95. The lowest BCUT2D eigenvalue weighted by Gasteiger charge is -2.12. The molecule has 6 nitrogen and oxygen atoms in total. The maximum absolute atomic E-state index is 12.0. The maximum Gasteiger partial charge on any atom is 0.233 e. The van der Waals surface area contributed by atoms with Crippen molar-refractivity contribution < 1.29 is 4.79 Å². The van der Waals surface area contributed by atoms with E-state index < -0.39 is 0 Å². The number of rotatable bonds is 8.